The van der Waals surface area contributed by atoms with Crippen LogP contribution in [0.4, 0.5) is 5.82 Å². The van der Waals surface area contributed by atoms with Gasteiger partial charge in [0.1, 0.15) is 11.6 Å². The van der Waals surface area contributed by atoms with Gasteiger partial charge in [-0.2, -0.15) is 0 Å². The van der Waals surface area contributed by atoms with E-state index in [4.69, 9.17) is 4.74 Å². The van der Waals surface area contributed by atoms with E-state index in [0.717, 1.165) is 42.4 Å². The van der Waals surface area contributed by atoms with Crippen molar-refractivity contribution >= 4 is 11.7 Å². The predicted octanol–water partition coefficient (Wildman–Crippen LogP) is 1.53. The Hall–Kier alpha value is -1.69. The molecule has 6 nitrogen and oxygen atoms in total. The molecule has 0 aromatic carbocycles. The standard InChI is InChI=1S/C15H24N4O2/c1-10(2)21-8-6-16-15-13-5-7-19(12(4)20)9-14(13)17-11(3)18-15/h10H,5-9H2,1-4H3,(H,16,17,18). The van der Waals surface area contributed by atoms with E-state index in [2.05, 4.69) is 15.3 Å². The van der Waals surface area contributed by atoms with Crippen LogP contribution in [0.5, 0.6) is 0 Å². The third-order valence-electron chi connectivity index (χ3n) is 3.47. The number of anilines is 1. The summed E-state index contributed by atoms with van der Waals surface area (Å²) < 4.78 is 5.53. The van der Waals surface area contributed by atoms with Gasteiger partial charge in [-0.1, -0.05) is 0 Å². The number of nitrogens with one attached hydrogen (secondary N) is 1. The lowest BCUT2D eigenvalue weighted by molar-refractivity contribution is -0.129. The second-order valence-corrected chi connectivity index (χ2v) is 5.58. The van der Waals surface area contributed by atoms with E-state index in [-0.39, 0.29) is 12.0 Å². The second-order valence-electron chi connectivity index (χ2n) is 5.58. The summed E-state index contributed by atoms with van der Waals surface area (Å²) >= 11 is 0. The molecule has 2 heterocycles. The van der Waals surface area contributed by atoms with Crippen LogP contribution < -0.4 is 5.32 Å². The number of hydrogen-bond acceptors (Lipinski definition) is 5. The molecule has 0 bridgehead atoms. The van der Waals surface area contributed by atoms with Gasteiger partial charge in [-0.3, -0.25) is 4.79 Å². The Labute approximate surface area is 125 Å². The Morgan fingerprint density at radius 3 is 2.86 bits per heavy atom. The summed E-state index contributed by atoms with van der Waals surface area (Å²) in [6, 6.07) is 0. The second kappa shape index (κ2) is 6.85. The van der Waals surface area contributed by atoms with Crippen molar-refractivity contribution in [1.82, 2.24) is 14.9 Å². The van der Waals surface area contributed by atoms with Crippen molar-refractivity contribution < 1.29 is 9.53 Å². The van der Waals surface area contributed by atoms with E-state index in [0.29, 0.717) is 13.2 Å². The third kappa shape index (κ3) is 4.14. The summed E-state index contributed by atoms with van der Waals surface area (Å²) in [6.07, 6.45) is 1.03. The zero-order valence-corrected chi connectivity index (χ0v) is 13.3. The largest absolute Gasteiger partial charge is 0.377 e. The molecule has 6 heteroatoms. The van der Waals surface area contributed by atoms with Crippen LogP contribution in [-0.4, -0.2) is 46.6 Å². The van der Waals surface area contributed by atoms with Crippen LogP contribution in [0.3, 0.4) is 0 Å². The van der Waals surface area contributed by atoms with Crippen molar-refractivity contribution in [3.05, 3.63) is 17.1 Å². The number of aromatic nitrogens is 2. The Balaban J connectivity index is 2.07. The highest BCUT2D eigenvalue weighted by atomic mass is 16.5. The molecule has 0 fully saturated rings. The van der Waals surface area contributed by atoms with Crippen molar-refractivity contribution in [2.24, 2.45) is 0 Å². The molecule has 1 aromatic rings. The monoisotopic (exact) mass is 292 g/mol. The maximum Gasteiger partial charge on any atom is 0.219 e. The maximum atomic E-state index is 11.5. The maximum absolute atomic E-state index is 11.5. The number of fused-ring (bicyclic) bond motifs is 1. The minimum absolute atomic E-state index is 0.0942. The molecule has 116 valence electrons. The van der Waals surface area contributed by atoms with Crippen LogP contribution in [-0.2, 0) is 22.5 Å². The topological polar surface area (TPSA) is 67.4 Å². The molecule has 2 rings (SSSR count). The third-order valence-corrected chi connectivity index (χ3v) is 3.47. The lowest BCUT2D eigenvalue weighted by Crippen LogP contribution is -2.35. The first-order valence-corrected chi connectivity index (χ1v) is 7.44. The van der Waals surface area contributed by atoms with Gasteiger partial charge < -0.3 is 15.0 Å². The fourth-order valence-corrected chi connectivity index (χ4v) is 2.43. The number of nitrogens with zero attached hydrogens (tertiary/aromatic N) is 3. The van der Waals surface area contributed by atoms with Crippen LogP contribution >= 0.6 is 0 Å². The number of carbonyl (C=O) groups is 1. The zero-order chi connectivity index (χ0) is 15.4. The molecule has 0 saturated carbocycles. The predicted molar refractivity (Wildman–Crippen MR) is 81.1 cm³/mol. The van der Waals surface area contributed by atoms with E-state index in [1.807, 2.05) is 25.7 Å². The summed E-state index contributed by atoms with van der Waals surface area (Å²) in [6.45, 7) is 10.2. The molecule has 1 amide bonds. The van der Waals surface area contributed by atoms with Gasteiger partial charge in [0.15, 0.2) is 0 Å². The highest BCUT2D eigenvalue weighted by Crippen LogP contribution is 2.23. The molecule has 1 N–H and O–H groups in total. The first-order chi connectivity index (χ1) is 9.97. The number of carbonyl (C=O) groups excluding carboxylic acids is 1. The highest BCUT2D eigenvalue weighted by molar-refractivity contribution is 5.73. The fraction of sp³-hybridized carbons (Fsp3) is 0.667. The van der Waals surface area contributed by atoms with Gasteiger partial charge >= 0.3 is 0 Å². The van der Waals surface area contributed by atoms with Crippen molar-refractivity contribution in [3.63, 3.8) is 0 Å². The Morgan fingerprint density at radius 2 is 2.19 bits per heavy atom. The van der Waals surface area contributed by atoms with Crippen molar-refractivity contribution in [3.8, 4) is 0 Å². The normalized spacial score (nSPS) is 14.2. The molecular formula is C15H24N4O2. The molecule has 1 aliphatic heterocycles. The summed E-state index contributed by atoms with van der Waals surface area (Å²) in [4.78, 5) is 22.3. The summed E-state index contributed by atoms with van der Waals surface area (Å²) in [5.74, 6) is 1.70. The first kappa shape index (κ1) is 15.7. The molecule has 21 heavy (non-hydrogen) atoms. The highest BCUT2D eigenvalue weighted by Gasteiger charge is 2.22. The molecule has 0 spiro atoms. The van der Waals surface area contributed by atoms with Gasteiger partial charge in [-0.15, -0.1) is 0 Å². The zero-order valence-electron chi connectivity index (χ0n) is 13.3. The van der Waals surface area contributed by atoms with Gasteiger partial charge in [0.2, 0.25) is 5.91 Å². The number of hydrogen-bond donors (Lipinski definition) is 1. The van der Waals surface area contributed by atoms with Gasteiger partial charge in [0.05, 0.1) is 24.9 Å². The van der Waals surface area contributed by atoms with Crippen LogP contribution in [0.25, 0.3) is 0 Å². The average Bonchev–Trinajstić information content (AvgIpc) is 2.42. The Bertz CT molecular complexity index is 517. The Morgan fingerprint density at radius 1 is 1.43 bits per heavy atom. The van der Waals surface area contributed by atoms with Gasteiger partial charge in [-0.25, -0.2) is 9.97 Å². The lowest BCUT2D eigenvalue weighted by atomic mass is 10.1. The molecule has 0 atom stereocenters. The smallest absolute Gasteiger partial charge is 0.219 e. The minimum Gasteiger partial charge on any atom is -0.377 e. The Kier molecular flexibility index (Phi) is 5.12. The van der Waals surface area contributed by atoms with E-state index in [1.165, 1.54) is 0 Å². The molecule has 1 aliphatic rings. The molecule has 0 unspecified atom stereocenters. The van der Waals surface area contributed by atoms with Crippen LogP contribution in [0.2, 0.25) is 0 Å². The molecular weight excluding hydrogens is 268 g/mol. The average molecular weight is 292 g/mol. The van der Waals surface area contributed by atoms with Gasteiger partial charge in [0, 0.05) is 25.6 Å². The van der Waals surface area contributed by atoms with Gasteiger partial charge in [0.25, 0.3) is 0 Å². The number of amides is 1. The number of aryl methyl sites for hydroxylation is 1. The fourth-order valence-electron chi connectivity index (χ4n) is 2.43. The molecule has 0 aliphatic carbocycles. The van der Waals surface area contributed by atoms with Crippen molar-refractivity contribution in [1.29, 1.82) is 0 Å². The quantitative estimate of drug-likeness (QED) is 0.834. The lowest BCUT2D eigenvalue weighted by Gasteiger charge is -2.28. The van der Waals surface area contributed by atoms with E-state index >= 15 is 0 Å². The molecule has 1 aromatic heterocycles. The van der Waals surface area contributed by atoms with Crippen molar-refractivity contribution in [2.45, 2.75) is 46.8 Å². The van der Waals surface area contributed by atoms with E-state index in [1.54, 1.807) is 6.92 Å². The summed E-state index contributed by atoms with van der Waals surface area (Å²) in [5, 5.41) is 3.33. The van der Waals surface area contributed by atoms with Crippen LogP contribution in [0, 0.1) is 6.92 Å². The SMILES string of the molecule is CC(=O)N1CCc2c(nc(C)nc2NCCOC(C)C)C1. The van der Waals surface area contributed by atoms with E-state index in [9.17, 15) is 4.79 Å². The molecule has 0 saturated heterocycles. The number of ether oxygens (including phenoxy) is 1. The summed E-state index contributed by atoms with van der Waals surface area (Å²) in [5.41, 5.74) is 2.08. The van der Waals surface area contributed by atoms with E-state index < -0.39 is 0 Å². The first-order valence-electron chi connectivity index (χ1n) is 7.44. The summed E-state index contributed by atoms with van der Waals surface area (Å²) in [7, 11) is 0. The molecule has 0 radical (unpaired) electrons. The minimum atomic E-state index is 0.0942. The van der Waals surface area contributed by atoms with Crippen molar-refractivity contribution in [2.75, 3.05) is 25.0 Å². The van der Waals surface area contributed by atoms with Crippen LogP contribution in [0.15, 0.2) is 0 Å². The van der Waals surface area contributed by atoms with Gasteiger partial charge in [-0.05, 0) is 27.2 Å². The number of rotatable bonds is 5. The van der Waals surface area contributed by atoms with Crippen LogP contribution in [0.1, 0.15) is 37.9 Å².